The molecule has 0 aliphatic heterocycles. The first-order valence-corrected chi connectivity index (χ1v) is 18.2. The highest BCUT2D eigenvalue weighted by Gasteiger charge is 2.35. The molecule has 0 atom stereocenters. The summed E-state index contributed by atoms with van der Waals surface area (Å²) in [5.74, 6) is 0. The molecule has 9 aromatic rings. The van der Waals surface area contributed by atoms with Gasteiger partial charge in [-0.3, -0.25) is 0 Å². The second kappa shape index (κ2) is 11.8. The van der Waals surface area contributed by atoms with E-state index in [-0.39, 0.29) is 5.41 Å². The van der Waals surface area contributed by atoms with Crippen molar-refractivity contribution in [2.24, 2.45) is 0 Å². The van der Waals surface area contributed by atoms with Crippen LogP contribution in [0.2, 0.25) is 0 Å². The van der Waals surface area contributed by atoms with Gasteiger partial charge in [-0.2, -0.15) is 0 Å². The highest BCUT2D eigenvalue weighted by Crippen LogP contribution is 2.51. The zero-order chi connectivity index (χ0) is 34.8. The second-order valence-electron chi connectivity index (χ2n) is 14.6. The SMILES string of the molecule is CC1(C)c2ccccc2-c2cc(N(c3ccc(-c4cccc5ccc6c7ccccc7ccc6c45)cc3)c3cccc(-c4ccccc4)c3)ccc21. The molecule has 1 aliphatic rings. The lowest BCUT2D eigenvalue weighted by Gasteiger charge is -2.28. The fourth-order valence-corrected chi connectivity index (χ4v) is 8.66. The maximum absolute atomic E-state index is 2.41. The van der Waals surface area contributed by atoms with E-state index in [1.54, 1.807) is 0 Å². The van der Waals surface area contributed by atoms with Gasteiger partial charge in [0.1, 0.15) is 0 Å². The summed E-state index contributed by atoms with van der Waals surface area (Å²) in [4.78, 5) is 2.41. The van der Waals surface area contributed by atoms with Gasteiger partial charge in [-0.25, -0.2) is 0 Å². The molecule has 1 aliphatic carbocycles. The van der Waals surface area contributed by atoms with Crippen LogP contribution < -0.4 is 4.90 Å². The molecular weight excluding hydrogens is 627 g/mol. The van der Waals surface area contributed by atoms with Crippen LogP contribution in [0.1, 0.15) is 25.0 Å². The molecule has 246 valence electrons. The van der Waals surface area contributed by atoms with Crippen molar-refractivity contribution in [3.05, 3.63) is 199 Å². The fraction of sp³-hybridized carbons (Fsp3) is 0.0588. The Labute approximate surface area is 305 Å². The largest absolute Gasteiger partial charge is 0.310 e. The Bertz CT molecular complexity index is 2810. The van der Waals surface area contributed by atoms with Gasteiger partial charge in [-0.05, 0) is 113 Å². The highest BCUT2D eigenvalue weighted by atomic mass is 15.1. The van der Waals surface area contributed by atoms with E-state index >= 15 is 0 Å². The molecule has 0 N–H and O–H groups in total. The molecule has 0 spiro atoms. The molecule has 0 amide bonds. The summed E-state index contributed by atoms with van der Waals surface area (Å²) in [6.07, 6.45) is 0. The molecule has 0 heterocycles. The average molecular weight is 664 g/mol. The lowest BCUT2D eigenvalue weighted by molar-refractivity contribution is 0.660. The van der Waals surface area contributed by atoms with Crippen LogP contribution in [0.15, 0.2) is 188 Å². The van der Waals surface area contributed by atoms with Crippen LogP contribution in [0.3, 0.4) is 0 Å². The Morgan fingerprint density at radius 3 is 1.87 bits per heavy atom. The topological polar surface area (TPSA) is 3.24 Å². The Morgan fingerprint density at radius 2 is 0.981 bits per heavy atom. The Kier molecular flexibility index (Phi) is 6.91. The summed E-state index contributed by atoms with van der Waals surface area (Å²) >= 11 is 0. The summed E-state index contributed by atoms with van der Waals surface area (Å²) < 4.78 is 0. The van der Waals surface area contributed by atoms with E-state index in [2.05, 4.69) is 207 Å². The van der Waals surface area contributed by atoms with Crippen molar-refractivity contribution in [2.75, 3.05) is 4.90 Å². The zero-order valence-corrected chi connectivity index (χ0v) is 29.3. The van der Waals surface area contributed by atoms with Crippen LogP contribution in [-0.2, 0) is 5.41 Å². The molecule has 0 unspecified atom stereocenters. The molecule has 0 saturated heterocycles. The first kappa shape index (κ1) is 30.4. The summed E-state index contributed by atoms with van der Waals surface area (Å²) in [5, 5.41) is 7.69. The Hall–Kier alpha value is -6.44. The summed E-state index contributed by atoms with van der Waals surface area (Å²) in [6, 6.07) is 69.2. The standard InChI is InChI=1S/C51H37N/c1-51(2)48-21-9-8-19-45(48)47-33-41(28-31-49(47)51)52(40-17-10-16-38(32-40)34-12-4-3-5-13-34)39-26-22-36(23-27-39)43-20-11-15-37-25-29-44-42-18-7-6-14-35(42)24-30-46(44)50(37)43/h3-33H,1-2H3. The van der Waals surface area contributed by atoms with Gasteiger partial charge >= 0.3 is 0 Å². The zero-order valence-electron chi connectivity index (χ0n) is 29.3. The van der Waals surface area contributed by atoms with Gasteiger partial charge in [0.25, 0.3) is 0 Å². The van der Waals surface area contributed by atoms with Crippen LogP contribution in [0.5, 0.6) is 0 Å². The molecule has 0 aromatic heterocycles. The van der Waals surface area contributed by atoms with Gasteiger partial charge in [-0.15, -0.1) is 0 Å². The molecule has 10 rings (SSSR count). The third-order valence-corrected chi connectivity index (χ3v) is 11.2. The lowest BCUT2D eigenvalue weighted by atomic mass is 9.82. The number of nitrogens with zero attached hydrogens (tertiary/aromatic N) is 1. The molecule has 0 saturated carbocycles. The minimum atomic E-state index is -0.0426. The number of fused-ring (bicyclic) bond motifs is 8. The van der Waals surface area contributed by atoms with Crippen molar-refractivity contribution < 1.29 is 0 Å². The van der Waals surface area contributed by atoms with Crippen LogP contribution in [0, 0.1) is 0 Å². The van der Waals surface area contributed by atoms with Gasteiger partial charge in [-0.1, -0.05) is 166 Å². The van der Waals surface area contributed by atoms with Crippen molar-refractivity contribution in [2.45, 2.75) is 19.3 Å². The van der Waals surface area contributed by atoms with Crippen molar-refractivity contribution in [1.82, 2.24) is 0 Å². The van der Waals surface area contributed by atoms with Crippen LogP contribution in [0.25, 0.3) is 65.7 Å². The van der Waals surface area contributed by atoms with Gasteiger partial charge < -0.3 is 4.90 Å². The molecule has 52 heavy (non-hydrogen) atoms. The van der Waals surface area contributed by atoms with Crippen LogP contribution >= 0.6 is 0 Å². The summed E-state index contributed by atoms with van der Waals surface area (Å²) in [6.45, 7) is 4.69. The van der Waals surface area contributed by atoms with Gasteiger partial charge in [0.15, 0.2) is 0 Å². The average Bonchev–Trinajstić information content (AvgIpc) is 3.43. The predicted octanol–water partition coefficient (Wildman–Crippen LogP) is 14.3. The van der Waals surface area contributed by atoms with E-state index in [4.69, 9.17) is 0 Å². The predicted molar refractivity (Wildman–Crippen MR) is 222 cm³/mol. The number of hydrogen-bond acceptors (Lipinski definition) is 1. The maximum Gasteiger partial charge on any atom is 0.0468 e. The Balaban J connectivity index is 1.13. The molecule has 0 bridgehead atoms. The number of anilines is 3. The smallest absolute Gasteiger partial charge is 0.0468 e. The van der Waals surface area contributed by atoms with E-state index in [1.807, 2.05) is 0 Å². The third kappa shape index (κ3) is 4.77. The first-order valence-electron chi connectivity index (χ1n) is 18.2. The molecule has 1 heteroatoms. The Morgan fingerprint density at radius 1 is 0.346 bits per heavy atom. The summed E-state index contributed by atoms with van der Waals surface area (Å²) in [5.41, 5.74) is 13.6. The van der Waals surface area contributed by atoms with Gasteiger partial charge in [0, 0.05) is 22.5 Å². The molecule has 0 radical (unpaired) electrons. The quantitative estimate of drug-likeness (QED) is 0.166. The number of rotatable bonds is 5. The third-order valence-electron chi connectivity index (χ3n) is 11.2. The van der Waals surface area contributed by atoms with Crippen molar-refractivity contribution >= 4 is 49.4 Å². The second-order valence-corrected chi connectivity index (χ2v) is 14.6. The van der Waals surface area contributed by atoms with Gasteiger partial charge in [0.05, 0.1) is 0 Å². The summed E-state index contributed by atoms with van der Waals surface area (Å²) in [7, 11) is 0. The van der Waals surface area contributed by atoms with E-state index in [1.165, 1.54) is 76.8 Å². The molecule has 9 aromatic carbocycles. The minimum Gasteiger partial charge on any atom is -0.310 e. The molecule has 0 fully saturated rings. The van der Waals surface area contributed by atoms with E-state index in [0.717, 1.165) is 17.1 Å². The molecular formula is C51H37N. The number of benzene rings is 9. The first-order chi connectivity index (χ1) is 25.5. The fourth-order valence-electron chi connectivity index (χ4n) is 8.66. The normalized spacial score (nSPS) is 13.0. The van der Waals surface area contributed by atoms with E-state index < -0.39 is 0 Å². The maximum atomic E-state index is 2.41. The van der Waals surface area contributed by atoms with Gasteiger partial charge in [0.2, 0.25) is 0 Å². The number of hydrogen-bond donors (Lipinski definition) is 0. The van der Waals surface area contributed by atoms with E-state index in [0.29, 0.717) is 0 Å². The molecule has 1 nitrogen and oxygen atoms in total. The van der Waals surface area contributed by atoms with Crippen LogP contribution in [0.4, 0.5) is 17.1 Å². The minimum absolute atomic E-state index is 0.0426. The van der Waals surface area contributed by atoms with Crippen molar-refractivity contribution in [1.29, 1.82) is 0 Å². The highest BCUT2D eigenvalue weighted by molar-refractivity contribution is 6.20. The monoisotopic (exact) mass is 663 g/mol. The van der Waals surface area contributed by atoms with Crippen molar-refractivity contribution in [3.63, 3.8) is 0 Å². The van der Waals surface area contributed by atoms with Crippen molar-refractivity contribution in [3.8, 4) is 33.4 Å². The van der Waals surface area contributed by atoms with Crippen LogP contribution in [-0.4, -0.2) is 0 Å². The van der Waals surface area contributed by atoms with E-state index in [9.17, 15) is 0 Å². The lowest BCUT2D eigenvalue weighted by Crippen LogP contribution is -2.15.